The summed E-state index contributed by atoms with van der Waals surface area (Å²) in [6, 6.07) is 7.03. The maximum Gasteiger partial charge on any atom is 0.230 e. The quantitative estimate of drug-likeness (QED) is 0.791. The van der Waals surface area contributed by atoms with Crippen LogP contribution in [0, 0.1) is 12.8 Å². The van der Waals surface area contributed by atoms with Crippen LogP contribution in [0.15, 0.2) is 18.2 Å². The molecule has 2 heterocycles. The molecule has 1 aromatic carbocycles. The minimum absolute atomic E-state index is 0.289. The number of fused-ring (bicyclic) bond motifs is 3. The van der Waals surface area contributed by atoms with Gasteiger partial charge in [-0.2, -0.15) is 0 Å². The molecule has 2 aliphatic heterocycles. The zero-order valence-corrected chi connectivity index (χ0v) is 13.0. The Kier molecular flexibility index (Phi) is 3.07. The summed E-state index contributed by atoms with van der Waals surface area (Å²) >= 11 is 0. The van der Waals surface area contributed by atoms with Crippen LogP contribution >= 0.6 is 0 Å². The molecule has 3 aliphatic rings. The number of aryl methyl sites for hydroxylation is 1. The van der Waals surface area contributed by atoms with Crippen molar-refractivity contribution < 1.29 is 4.79 Å². The lowest BCUT2D eigenvalue weighted by Gasteiger charge is -2.39. The molecule has 0 N–H and O–H groups in total. The average molecular weight is 284 g/mol. The maximum absolute atomic E-state index is 12.9. The lowest BCUT2D eigenvalue weighted by atomic mass is 9.83. The van der Waals surface area contributed by atoms with Gasteiger partial charge in [0.1, 0.15) is 0 Å². The monoisotopic (exact) mass is 284 g/mol. The first-order chi connectivity index (χ1) is 10.1. The molecule has 1 aliphatic carbocycles. The molecule has 2 fully saturated rings. The van der Waals surface area contributed by atoms with Gasteiger partial charge in [0.15, 0.2) is 0 Å². The number of carbonyl (C=O) groups excluding carboxylic acids is 1. The Bertz CT molecular complexity index is 579. The molecule has 0 spiro atoms. The summed E-state index contributed by atoms with van der Waals surface area (Å²) in [6.45, 7) is 4.33. The molecule has 1 aromatic rings. The SMILES string of the molecule is Cc1ccc2c(c1)[C@H]1CN(C)CC[C@@H]1N2C(=O)C1CCC1. The van der Waals surface area contributed by atoms with E-state index in [0.717, 1.165) is 32.4 Å². The molecule has 112 valence electrons. The molecule has 0 radical (unpaired) electrons. The lowest BCUT2D eigenvalue weighted by molar-refractivity contribution is -0.125. The highest BCUT2D eigenvalue weighted by Gasteiger charge is 2.45. The van der Waals surface area contributed by atoms with Crippen LogP contribution in [0.5, 0.6) is 0 Å². The van der Waals surface area contributed by atoms with Gasteiger partial charge in [-0.3, -0.25) is 4.79 Å². The molecule has 1 saturated heterocycles. The minimum atomic E-state index is 0.289. The van der Waals surface area contributed by atoms with Gasteiger partial charge in [0, 0.05) is 30.1 Å². The second-order valence-electron chi connectivity index (χ2n) is 7.12. The summed E-state index contributed by atoms with van der Waals surface area (Å²) in [6.07, 6.45) is 4.51. The topological polar surface area (TPSA) is 23.6 Å². The van der Waals surface area contributed by atoms with E-state index in [0.29, 0.717) is 17.9 Å². The van der Waals surface area contributed by atoms with Gasteiger partial charge < -0.3 is 9.80 Å². The Labute approximate surface area is 126 Å². The Balaban J connectivity index is 1.74. The number of anilines is 1. The molecule has 21 heavy (non-hydrogen) atoms. The zero-order chi connectivity index (χ0) is 14.6. The fraction of sp³-hybridized carbons (Fsp3) is 0.611. The highest BCUT2D eigenvalue weighted by atomic mass is 16.2. The fourth-order valence-electron chi connectivity index (χ4n) is 4.22. The standard InChI is InChI=1S/C18H24N2O/c1-12-6-7-16-14(10-12)15-11-19(2)9-8-17(15)20(16)18(21)13-4-3-5-13/h6-7,10,13,15,17H,3-5,8-9,11H2,1-2H3/t15-,17+/m1/s1. The van der Waals surface area contributed by atoms with Crippen molar-refractivity contribution >= 4 is 11.6 Å². The largest absolute Gasteiger partial charge is 0.308 e. The van der Waals surface area contributed by atoms with Gasteiger partial charge in [-0.1, -0.05) is 24.1 Å². The Morgan fingerprint density at radius 1 is 1.24 bits per heavy atom. The van der Waals surface area contributed by atoms with Crippen molar-refractivity contribution in [1.82, 2.24) is 4.90 Å². The van der Waals surface area contributed by atoms with E-state index >= 15 is 0 Å². The molecule has 1 amide bonds. The van der Waals surface area contributed by atoms with Gasteiger partial charge in [0.25, 0.3) is 0 Å². The number of likely N-dealkylation sites (tertiary alicyclic amines) is 1. The summed E-state index contributed by atoms with van der Waals surface area (Å²) in [5.74, 6) is 1.18. The smallest absolute Gasteiger partial charge is 0.230 e. The number of piperidine rings is 1. The van der Waals surface area contributed by atoms with E-state index in [4.69, 9.17) is 0 Å². The van der Waals surface area contributed by atoms with E-state index < -0.39 is 0 Å². The second-order valence-corrected chi connectivity index (χ2v) is 7.12. The lowest BCUT2D eigenvalue weighted by Crippen LogP contribution is -2.49. The van der Waals surface area contributed by atoms with E-state index in [1.165, 1.54) is 23.2 Å². The van der Waals surface area contributed by atoms with Crippen molar-refractivity contribution in [3.63, 3.8) is 0 Å². The van der Waals surface area contributed by atoms with Crippen molar-refractivity contribution in [2.24, 2.45) is 5.92 Å². The highest BCUT2D eigenvalue weighted by molar-refractivity contribution is 5.98. The predicted octanol–water partition coefficient (Wildman–Crippen LogP) is 2.93. The zero-order valence-electron chi connectivity index (χ0n) is 13.0. The molecule has 0 bridgehead atoms. The summed E-state index contributed by atoms with van der Waals surface area (Å²) in [5, 5.41) is 0. The van der Waals surface area contributed by atoms with Gasteiger partial charge in [-0.05, 0) is 51.4 Å². The normalized spacial score (nSPS) is 29.0. The van der Waals surface area contributed by atoms with Gasteiger partial charge >= 0.3 is 0 Å². The minimum Gasteiger partial charge on any atom is -0.308 e. The summed E-state index contributed by atoms with van der Waals surface area (Å²) in [7, 11) is 2.20. The summed E-state index contributed by atoms with van der Waals surface area (Å²) < 4.78 is 0. The van der Waals surface area contributed by atoms with Crippen LogP contribution in [0.3, 0.4) is 0 Å². The van der Waals surface area contributed by atoms with Crippen molar-refractivity contribution in [1.29, 1.82) is 0 Å². The van der Waals surface area contributed by atoms with E-state index in [-0.39, 0.29) is 5.92 Å². The van der Waals surface area contributed by atoms with Crippen LogP contribution in [0.1, 0.15) is 42.7 Å². The van der Waals surface area contributed by atoms with E-state index in [1.54, 1.807) is 0 Å². The fourth-order valence-corrected chi connectivity index (χ4v) is 4.22. The van der Waals surface area contributed by atoms with Gasteiger partial charge in [-0.25, -0.2) is 0 Å². The second kappa shape index (κ2) is 4.84. The molecular weight excluding hydrogens is 260 g/mol. The molecule has 3 heteroatoms. The molecule has 3 nitrogen and oxygen atoms in total. The number of likely N-dealkylation sites (N-methyl/N-ethyl adjacent to an activating group) is 1. The highest BCUT2D eigenvalue weighted by Crippen LogP contribution is 2.46. The third-order valence-electron chi connectivity index (χ3n) is 5.64. The van der Waals surface area contributed by atoms with Crippen LogP contribution in [-0.2, 0) is 4.79 Å². The number of benzene rings is 1. The van der Waals surface area contributed by atoms with Crippen LogP contribution in [0.25, 0.3) is 0 Å². The maximum atomic E-state index is 12.9. The number of hydrogen-bond acceptors (Lipinski definition) is 2. The first-order valence-electron chi connectivity index (χ1n) is 8.27. The molecule has 4 rings (SSSR count). The average Bonchev–Trinajstić information content (AvgIpc) is 2.70. The Hall–Kier alpha value is -1.35. The van der Waals surface area contributed by atoms with E-state index in [1.807, 2.05) is 0 Å². The number of amides is 1. The molecule has 0 aromatic heterocycles. The number of carbonyl (C=O) groups is 1. The first kappa shape index (κ1) is 13.3. The third-order valence-corrected chi connectivity index (χ3v) is 5.64. The molecule has 2 atom stereocenters. The van der Waals surface area contributed by atoms with Crippen LogP contribution in [0.2, 0.25) is 0 Å². The Morgan fingerprint density at radius 2 is 2.05 bits per heavy atom. The van der Waals surface area contributed by atoms with Crippen LogP contribution in [0.4, 0.5) is 5.69 Å². The molecular formula is C18H24N2O. The van der Waals surface area contributed by atoms with E-state index in [9.17, 15) is 4.79 Å². The Morgan fingerprint density at radius 3 is 2.76 bits per heavy atom. The van der Waals surface area contributed by atoms with Gasteiger partial charge in [0.05, 0.1) is 0 Å². The van der Waals surface area contributed by atoms with Crippen molar-refractivity contribution in [2.45, 2.75) is 44.6 Å². The van der Waals surface area contributed by atoms with Gasteiger partial charge in [0.2, 0.25) is 5.91 Å². The van der Waals surface area contributed by atoms with Gasteiger partial charge in [-0.15, -0.1) is 0 Å². The predicted molar refractivity (Wildman–Crippen MR) is 84.6 cm³/mol. The summed E-state index contributed by atoms with van der Waals surface area (Å²) in [4.78, 5) is 17.5. The number of nitrogens with zero attached hydrogens (tertiary/aromatic N) is 2. The van der Waals surface area contributed by atoms with E-state index in [2.05, 4.69) is 42.0 Å². The summed E-state index contributed by atoms with van der Waals surface area (Å²) in [5.41, 5.74) is 3.90. The molecule has 1 saturated carbocycles. The third kappa shape index (κ3) is 2.02. The van der Waals surface area contributed by atoms with Crippen LogP contribution < -0.4 is 4.90 Å². The number of hydrogen-bond donors (Lipinski definition) is 0. The van der Waals surface area contributed by atoms with Crippen molar-refractivity contribution in [3.05, 3.63) is 29.3 Å². The molecule has 0 unspecified atom stereocenters. The number of rotatable bonds is 1. The first-order valence-corrected chi connectivity index (χ1v) is 8.27. The van der Waals surface area contributed by atoms with Crippen molar-refractivity contribution in [2.75, 3.05) is 25.0 Å². The van der Waals surface area contributed by atoms with Crippen LogP contribution in [-0.4, -0.2) is 37.0 Å². The van der Waals surface area contributed by atoms with Crippen molar-refractivity contribution in [3.8, 4) is 0 Å².